The SMILES string of the molecule is CC(C)(C)OC(=O)N(C(=O)OC(C)(C)C)C1=N[C@]2(C)c3cc([N+](=O)[O-])ccc3CCC[C@@H]2S(=O)(=O)C1(C)C. The first-order valence-electron chi connectivity index (χ1n) is 12.5. The van der Waals surface area contributed by atoms with Gasteiger partial charge in [-0.1, -0.05) is 6.07 Å². The lowest BCUT2D eigenvalue weighted by atomic mass is 9.85. The first kappa shape index (κ1) is 29.5. The number of amides is 2. The van der Waals surface area contributed by atoms with E-state index in [4.69, 9.17) is 14.5 Å². The molecule has 2 amide bonds. The molecular formula is C26H37N3O8S. The molecule has 0 aromatic heterocycles. The normalized spacial score (nSPS) is 24.1. The summed E-state index contributed by atoms with van der Waals surface area (Å²) in [5.41, 5.74) is -2.67. The molecule has 1 aliphatic heterocycles. The number of fused-ring (bicyclic) bond motifs is 3. The van der Waals surface area contributed by atoms with Crippen molar-refractivity contribution >= 4 is 33.5 Å². The number of amidine groups is 1. The number of hydrogen-bond donors (Lipinski definition) is 0. The molecule has 0 saturated heterocycles. The van der Waals surface area contributed by atoms with Crippen LogP contribution >= 0.6 is 0 Å². The van der Waals surface area contributed by atoms with Gasteiger partial charge in [0.25, 0.3) is 5.69 Å². The number of carbonyl (C=O) groups excluding carboxylic acids is 2. The smallest absolute Gasteiger partial charge is 0.425 e. The van der Waals surface area contributed by atoms with Gasteiger partial charge in [-0.15, -0.1) is 0 Å². The van der Waals surface area contributed by atoms with E-state index >= 15 is 0 Å². The Morgan fingerprint density at radius 1 is 1.05 bits per heavy atom. The van der Waals surface area contributed by atoms with Gasteiger partial charge in [0.05, 0.1) is 10.2 Å². The van der Waals surface area contributed by atoms with Crippen LogP contribution < -0.4 is 0 Å². The molecule has 0 N–H and O–H groups in total. The van der Waals surface area contributed by atoms with Crippen molar-refractivity contribution in [3.8, 4) is 0 Å². The topological polar surface area (TPSA) is 145 Å². The van der Waals surface area contributed by atoms with Crippen LogP contribution in [0.15, 0.2) is 23.2 Å². The molecule has 0 saturated carbocycles. The number of carbonyl (C=O) groups is 2. The summed E-state index contributed by atoms with van der Waals surface area (Å²) in [4.78, 5) is 43.3. The van der Waals surface area contributed by atoms with E-state index in [-0.39, 0.29) is 17.9 Å². The second-order valence-electron chi connectivity index (χ2n) is 12.4. The Balaban J connectivity index is 2.37. The molecule has 2 atom stereocenters. The molecule has 11 nitrogen and oxygen atoms in total. The average molecular weight is 552 g/mol. The van der Waals surface area contributed by atoms with Gasteiger partial charge in [-0.25, -0.2) is 18.0 Å². The van der Waals surface area contributed by atoms with Crippen molar-refractivity contribution in [2.45, 2.75) is 108 Å². The minimum Gasteiger partial charge on any atom is -0.443 e. The molecule has 1 aromatic carbocycles. The molecule has 0 fully saturated rings. The van der Waals surface area contributed by atoms with Crippen molar-refractivity contribution in [2.24, 2.45) is 4.99 Å². The largest absolute Gasteiger partial charge is 0.443 e. The van der Waals surface area contributed by atoms with Crippen molar-refractivity contribution in [3.05, 3.63) is 39.4 Å². The average Bonchev–Trinajstić information content (AvgIpc) is 2.86. The second-order valence-corrected chi connectivity index (χ2v) is 15.1. The maximum atomic E-state index is 14.2. The molecular weight excluding hydrogens is 514 g/mol. The van der Waals surface area contributed by atoms with Gasteiger partial charge in [0.1, 0.15) is 27.3 Å². The number of hydrogen-bond acceptors (Lipinski definition) is 9. The third-order valence-corrected chi connectivity index (χ3v) is 9.76. The summed E-state index contributed by atoms with van der Waals surface area (Å²) < 4.78 is 37.7. The molecule has 1 heterocycles. The van der Waals surface area contributed by atoms with E-state index in [1.54, 1.807) is 54.5 Å². The van der Waals surface area contributed by atoms with Crippen LogP contribution in [0.2, 0.25) is 0 Å². The first-order chi connectivity index (χ1) is 17.1. The van der Waals surface area contributed by atoms with E-state index in [2.05, 4.69) is 0 Å². The van der Waals surface area contributed by atoms with Crippen molar-refractivity contribution in [1.29, 1.82) is 0 Å². The molecule has 12 heteroatoms. The van der Waals surface area contributed by atoms with Crippen molar-refractivity contribution < 1.29 is 32.4 Å². The van der Waals surface area contributed by atoms with E-state index in [1.165, 1.54) is 26.0 Å². The summed E-state index contributed by atoms with van der Waals surface area (Å²) in [6.45, 7) is 14.0. The summed E-state index contributed by atoms with van der Waals surface area (Å²) in [6.07, 6.45) is -0.998. The van der Waals surface area contributed by atoms with Gasteiger partial charge >= 0.3 is 12.2 Å². The minimum atomic E-state index is -4.13. The third-order valence-electron chi connectivity index (χ3n) is 6.72. The highest BCUT2D eigenvalue weighted by Gasteiger charge is 2.60. The Bertz CT molecular complexity index is 1280. The van der Waals surface area contributed by atoms with Crippen molar-refractivity contribution in [3.63, 3.8) is 0 Å². The minimum absolute atomic E-state index is 0.208. The zero-order valence-corrected chi connectivity index (χ0v) is 24.3. The lowest BCUT2D eigenvalue weighted by molar-refractivity contribution is -0.385. The number of non-ortho nitro benzene ring substituents is 1. The number of rotatable bonds is 1. The molecule has 0 unspecified atom stereocenters. The third kappa shape index (κ3) is 5.27. The van der Waals surface area contributed by atoms with Crippen LogP contribution in [0.1, 0.15) is 86.3 Å². The van der Waals surface area contributed by atoms with Crippen LogP contribution in [0.5, 0.6) is 0 Å². The molecule has 1 aromatic rings. The zero-order valence-electron chi connectivity index (χ0n) is 23.4. The number of nitrogens with zero attached hydrogens (tertiary/aromatic N) is 3. The fraction of sp³-hybridized carbons (Fsp3) is 0.654. The highest BCUT2D eigenvalue weighted by atomic mass is 32.2. The molecule has 0 radical (unpaired) electrons. The maximum Gasteiger partial charge on any atom is 0.425 e. The van der Waals surface area contributed by atoms with Gasteiger partial charge in [-0.05, 0) is 92.7 Å². The Labute approximate surface area is 223 Å². The molecule has 3 rings (SSSR count). The highest BCUT2D eigenvalue weighted by molar-refractivity contribution is 7.94. The Morgan fingerprint density at radius 3 is 2.05 bits per heavy atom. The second kappa shape index (κ2) is 9.32. The number of benzene rings is 1. The van der Waals surface area contributed by atoms with Gasteiger partial charge < -0.3 is 9.47 Å². The Morgan fingerprint density at radius 2 is 1.58 bits per heavy atom. The quantitative estimate of drug-likeness (QED) is 0.338. The van der Waals surface area contributed by atoms with Crippen LogP contribution in [0.4, 0.5) is 15.3 Å². The van der Waals surface area contributed by atoms with Crippen molar-refractivity contribution in [2.75, 3.05) is 0 Å². The monoisotopic (exact) mass is 551 g/mol. The van der Waals surface area contributed by atoms with Gasteiger partial charge in [-0.2, -0.15) is 4.90 Å². The molecule has 38 heavy (non-hydrogen) atoms. The van der Waals surface area contributed by atoms with Gasteiger partial charge in [-0.3, -0.25) is 15.1 Å². The standard InChI is InChI=1S/C26H37N3O8S/c1-23(2,3)36-21(30)28(22(31)37-24(4,5)6)20-25(7,8)38(34,35)19-12-10-11-16-13-14-17(29(32)33)15-18(16)26(19,9)27-20/h13-15,19H,10-12H2,1-9H3/t19-,26+/m0/s1. The number of nitro benzene ring substituents is 1. The summed E-state index contributed by atoms with van der Waals surface area (Å²) in [5, 5.41) is 10.6. The first-order valence-corrected chi connectivity index (χ1v) is 14.0. The lowest BCUT2D eigenvalue weighted by Gasteiger charge is -2.46. The fourth-order valence-electron chi connectivity index (χ4n) is 4.91. The molecule has 1 aliphatic carbocycles. The van der Waals surface area contributed by atoms with Crippen LogP contribution in [-0.2, 0) is 31.3 Å². The lowest BCUT2D eigenvalue weighted by Crippen LogP contribution is -2.64. The molecule has 210 valence electrons. The van der Waals surface area contributed by atoms with Gasteiger partial charge in [0, 0.05) is 12.1 Å². The predicted octanol–water partition coefficient (Wildman–Crippen LogP) is 5.29. The zero-order chi connectivity index (χ0) is 29.1. The van der Waals surface area contributed by atoms with E-state index in [0.29, 0.717) is 23.3 Å². The van der Waals surface area contributed by atoms with Crippen LogP contribution in [0.25, 0.3) is 0 Å². The molecule has 2 aliphatic rings. The van der Waals surface area contributed by atoms with Gasteiger partial charge in [0.2, 0.25) is 0 Å². The number of aliphatic imine (C=N–C) groups is 1. The van der Waals surface area contributed by atoms with E-state index in [9.17, 15) is 28.1 Å². The molecule has 0 bridgehead atoms. The Hall–Kier alpha value is -3.02. The van der Waals surface area contributed by atoms with Crippen LogP contribution in [0, 0.1) is 10.1 Å². The molecule has 0 spiro atoms. The Kier molecular flexibility index (Phi) is 7.24. The van der Waals surface area contributed by atoms with Crippen LogP contribution in [0.3, 0.4) is 0 Å². The van der Waals surface area contributed by atoms with Gasteiger partial charge in [0.15, 0.2) is 9.84 Å². The van der Waals surface area contributed by atoms with Crippen LogP contribution in [-0.4, -0.2) is 57.5 Å². The fourth-order valence-corrected chi connectivity index (χ4v) is 7.27. The number of aryl methyl sites for hydroxylation is 1. The number of ether oxygens (including phenoxy) is 2. The van der Waals surface area contributed by atoms with Crippen molar-refractivity contribution in [1.82, 2.24) is 4.90 Å². The van der Waals surface area contributed by atoms with E-state index in [0.717, 1.165) is 5.56 Å². The predicted molar refractivity (Wildman–Crippen MR) is 142 cm³/mol. The highest BCUT2D eigenvalue weighted by Crippen LogP contribution is 2.49. The summed E-state index contributed by atoms with van der Waals surface area (Å²) >= 11 is 0. The summed E-state index contributed by atoms with van der Waals surface area (Å²) in [6, 6.07) is 4.33. The van der Waals surface area contributed by atoms with E-state index < -0.39 is 53.7 Å². The summed E-state index contributed by atoms with van der Waals surface area (Å²) in [7, 11) is -4.13. The maximum absolute atomic E-state index is 14.2. The number of imide groups is 1. The number of nitro groups is 1. The summed E-state index contributed by atoms with van der Waals surface area (Å²) in [5.74, 6) is -0.362. The van der Waals surface area contributed by atoms with E-state index in [1.807, 2.05) is 0 Å². The number of sulfone groups is 1.